The molecule has 24 heavy (non-hydrogen) atoms. The van der Waals surface area contributed by atoms with E-state index in [1.807, 2.05) is 25.1 Å². The van der Waals surface area contributed by atoms with E-state index in [0.717, 1.165) is 0 Å². The maximum atomic E-state index is 13.0. The summed E-state index contributed by atoms with van der Waals surface area (Å²) in [5.41, 5.74) is 0.990. The van der Waals surface area contributed by atoms with Crippen LogP contribution in [0.2, 0.25) is 0 Å². The van der Waals surface area contributed by atoms with Crippen molar-refractivity contribution in [1.29, 1.82) is 0 Å². The number of aromatic nitrogens is 2. The van der Waals surface area contributed by atoms with E-state index < -0.39 is 12.1 Å². The molecule has 0 saturated heterocycles. The molecule has 2 N–H and O–H groups in total. The number of carbonyl (C=O) groups is 1. The van der Waals surface area contributed by atoms with Crippen LogP contribution in [0.1, 0.15) is 25.2 Å². The smallest absolute Gasteiger partial charge is 0.405 e. The first-order valence-corrected chi connectivity index (χ1v) is 7.68. The number of benzene rings is 2. The number of hydrogen-bond donors (Lipinski definition) is 2. The third-order valence-electron chi connectivity index (χ3n) is 3.83. The molecule has 122 valence electrons. The number of fused-ring (bicyclic) bond motifs is 1. The van der Waals surface area contributed by atoms with Gasteiger partial charge in [0.15, 0.2) is 0 Å². The number of rotatable bonds is 4. The van der Waals surface area contributed by atoms with Gasteiger partial charge in [-0.2, -0.15) is 0 Å². The first-order valence-electron chi connectivity index (χ1n) is 7.68. The van der Waals surface area contributed by atoms with Crippen molar-refractivity contribution in [2.75, 3.05) is 0 Å². The lowest BCUT2D eigenvalue weighted by Crippen LogP contribution is -2.33. The van der Waals surface area contributed by atoms with Gasteiger partial charge in [-0.25, -0.2) is 9.78 Å². The highest BCUT2D eigenvalue weighted by atomic mass is 16.4. The van der Waals surface area contributed by atoms with Gasteiger partial charge in [0.2, 0.25) is 0 Å². The lowest BCUT2D eigenvalue weighted by molar-refractivity contribution is 0.188. The Morgan fingerprint density at radius 3 is 2.50 bits per heavy atom. The minimum Gasteiger partial charge on any atom is -0.465 e. The van der Waals surface area contributed by atoms with Gasteiger partial charge in [0.05, 0.1) is 22.6 Å². The average molecular weight is 323 g/mol. The second kappa shape index (κ2) is 6.54. The SMILES string of the molecule is CCC(NC(=O)O)c1nc2ccccc2c(=O)n1-c1ccccc1. The molecule has 3 aromatic rings. The van der Waals surface area contributed by atoms with Crippen LogP contribution in [-0.2, 0) is 0 Å². The zero-order chi connectivity index (χ0) is 17.1. The predicted molar refractivity (Wildman–Crippen MR) is 91.5 cm³/mol. The monoisotopic (exact) mass is 323 g/mol. The lowest BCUT2D eigenvalue weighted by Gasteiger charge is -2.20. The Bertz CT molecular complexity index is 935. The Morgan fingerprint density at radius 2 is 1.83 bits per heavy atom. The Labute approximate surface area is 138 Å². The molecule has 0 aliphatic carbocycles. The molecule has 1 unspecified atom stereocenters. The highest BCUT2D eigenvalue weighted by molar-refractivity contribution is 5.78. The molecule has 1 heterocycles. The summed E-state index contributed by atoms with van der Waals surface area (Å²) in [7, 11) is 0. The largest absolute Gasteiger partial charge is 0.465 e. The third-order valence-corrected chi connectivity index (χ3v) is 3.83. The van der Waals surface area contributed by atoms with Crippen molar-refractivity contribution in [2.45, 2.75) is 19.4 Å². The summed E-state index contributed by atoms with van der Waals surface area (Å²) < 4.78 is 1.48. The standard InChI is InChI=1S/C18H17N3O3/c1-2-14(20-18(23)24)16-19-15-11-7-6-10-13(15)17(22)21(16)12-8-4-3-5-9-12/h3-11,14,20H,2H2,1H3,(H,23,24). The lowest BCUT2D eigenvalue weighted by atomic mass is 10.1. The summed E-state index contributed by atoms with van der Waals surface area (Å²) in [6.45, 7) is 1.84. The minimum atomic E-state index is -1.15. The van der Waals surface area contributed by atoms with E-state index in [0.29, 0.717) is 28.8 Å². The van der Waals surface area contributed by atoms with Crippen LogP contribution in [0, 0.1) is 0 Å². The first kappa shape index (κ1) is 15.7. The Hall–Kier alpha value is -3.15. The Kier molecular flexibility index (Phi) is 4.29. The molecule has 6 heteroatoms. The maximum absolute atomic E-state index is 13.0. The van der Waals surface area contributed by atoms with Crippen LogP contribution in [0.5, 0.6) is 0 Å². The number of para-hydroxylation sites is 2. The van der Waals surface area contributed by atoms with E-state index in [2.05, 4.69) is 10.3 Å². The molecular formula is C18H17N3O3. The van der Waals surface area contributed by atoms with E-state index in [9.17, 15) is 9.59 Å². The molecule has 1 amide bonds. The van der Waals surface area contributed by atoms with Crippen molar-refractivity contribution in [3.63, 3.8) is 0 Å². The second-order valence-corrected chi connectivity index (χ2v) is 5.37. The van der Waals surface area contributed by atoms with Crippen molar-refractivity contribution >= 4 is 17.0 Å². The summed E-state index contributed by atoms with van der Waals surface area (Å²) in [5.74, 6) is 0.384. The molecule has 0 bridgehead atoms. The molecule has 0 saturated carbocycles. The molecule has 0 fully saturated rings. The van der Waals surface area contributed by atoms with Crippen molar-refractivity contribution in [2.24, 2.45) is 0 Å². The highest BCUT2D eigenvalue weighted by Gasteiger charge is 2.21. The molecule has 0 spiro atoms. The van der Waals surface area contributed by atoms with Crippen molar-refractivity contribution in [1.82, 2.24) is 14.9 Å². The van der Waals surface area contributed by atoms with Gasteiger partial charge in [0, 0.05) is 0 Å². The van der Waals surface area contributed by atoms with Crippen LogP contribution in [0.4, 0.5) is 4.79 Å². The van der Waals surface area contributed by atoms with E-state index in [4.69, 9.17) is 5.11 Å². The predicted octanol–water partition coefficient (Wildman–Crippen LogP) is 3.10. The van der Waals surface area contributed by atoms with Crippen LogP contribution in [0.25, 0.3) is 16.6 Å². The topological polar surface area (TPSA) is 84.2 Å². The van der Waals surface area contributed by atoms with Crippen molar-refractivity contribution in [3.05, 3.63) is 70.8 Å². The average Bonchev–Trinajstić information content (AvgIpc) is 2.60. The fraction of sp³-hybridized carbons (Fsp3) is 0.167. The van der Waals surface area contributed by atoms with Gasteiger partial charge < -0.3 is 10.4 Å². The second-order valence-electron chi connectivity index (χ2n) is 5.37. The molecular weight excluding hydrogens is 306 g/mol. The van der Waals surface area contributed by atoms with Crippen LogP contribution in [0.3, 0.4) is 0 Å². The molecule has 0 radical (unpaired) electrons. The molecule has 0 aliphatic heterocycles. The van der Waals surface area contributed by atoms with Crippen LogP contribution in [0.15, 0.2) is 59.4 Å². The van der Waals surface area contributed by atoms with Gasteiger partial charge in [0.1, 0.15) is 5.82 Å². The fourth-order valence-electron chi connectivity index (χ4n) is 2.71. The number of hydrogen-bond acceptors (Lipinski definition) is 3. The van der Waals surface area contributed by atoms with Crippen LogP contribution < -0.4 is 10.9 Å². The first-order chi connectivity index (χ1) is 11.6. The zero-order valence-corrected chi connectivity index (χ0v) is 13.1. The van der Waals surface area contributed by atoms with Gasteiger partial charge in [-0.1, -0.05) is 37.3 Å². The molecule has 3 rings (SSSR count). The van der Waals surface area contributed by atoms with E-state index in [1.165, 1.54) is 4.57 Å². The summed E-state index contributed by atoms with van der Waals surface area (Å²) in [5, 5.41) is 12.0. The van der Waals surface area contributed by atoms with Crippen LogP contribution in [-0.4, -0.2) is 20.8 Å². The van der Waals surface area contributed by atoms with Gasteiger partial charge in [-0.3, -0.25) is 9.36 Å². The summed E-state index contributed by atoms with van der Waals surface area (Å²) in [6, 6.07) is 15.6. The fourth-order valence-corrected chi connectivity index (χ4v) is 2.71. The van der Waals surface area contributed by atoms with Gasteiger partial charge in [-0.15, -0.1) is 0 Å². The molecule has 0 aliphatic rings. The number of nitrogens with zero attached hydrogens (tertiary/aromatic N) is 2. The number of nitrogens with one attached hydrogen (secondary N) is 1. The highest BCUT2D eigenvalue weighted by Crippen LogP contribution is 2.20. The number of carboxylic acid groups (broad SMARTS) is 1. The third kappa shape index (κ3) is 2.86. The molecule has 1 aromatic heterocycles. The molecule has 6 nitrogen and oxygen atoms in total. The summed E-state index contributed by atoms with van der Waals surface area (Å²) >= 11 is 0. The van der Waals surface area contributed by atoms with Crippen molar-refractivity contribution < 1.29 is 9.90 Å². The maximum Gasteiger partial charge on any atom is 0.405 e. The Morgan fingerprint density at radius 1 is 1.17 bits per heavy atom. The molecule has 1 atom stereocenters. The molecule has 2 aromatic carbocycles. The quantitative estimate of drug-likeness (QED) is 0.772. The van der Waals surface area contributed by atoms with E-state index >= 15 is 0 Å². The van der Waals surface area contributed by atoms with Gasteiger partial charge in [-0.05, 0) is 30.7 Å². The number of amides is 1. The zero-order valence-electron chi connectivity index (χ0n) is 13.1. The van der Waals surface area contributed by atoms with Gasteiger partial charge >= 0.3 is 6.09 Å². The summed E-state index contributed by atoms with van der Waals surface area (Å²) in [4.78, 5) is 28.7. The van der Waals surface area contributed by atoms with Crippen LogP contribution >= 0.6 is 0 Å². The van der Waals surface area contributed by atoms with E-state index in [-0.39, 0.29) is 5.56 Å². The Balaban J connectivity index is 2.33. The minimum absolute atomic E-state index is 0.215. The normalized spacial score (nSPS) is 12.0. The summed E-state index contributed by atoms with van der Waals surface area (Å²) in [6.07, 6.45) is -0.673. The van der Waals surface area contributed by atoms with Crippen molar-refractivity contribution in [3.8, 4) is 5.69 Å². The van der Waals surface area contributed by atoms with Gasteiger partial charge in [0.25, 0.3) is 5.56 Å². The van der Waals surface area contributed by atoms with E-state index in [1.54, 1.807) is 36.4 Å².